The molecule has 1 fully saturated rings. The summed E-state index contributed by atoms with van der Waals surface area (Å²) in [5, 5.41) is 2.86. The van der Waals surface area contributed by atoms with Crippen LogP contribution in [0.5, 0.6) is 11.5 Å². The Morgan fingerprint density at radius 3 is 2.50 bits per heavy atom. The topological polar surface area (TPSA) is 120 Å². The number of nitrogens with zero attached hydrogens (tertiary/aromatic N) is 3. The van der Waals surface area contributed by atoms with Gasteiger partial charge in [0.25, 0.3) is 5.56 Å². The van der Waals surface area contributed by atoms with Gasteiger partial charge in [-0.2, -0.15) is 4.31 Å². The summed E-state index contributed by atoms with van der Waals surface area (Å²) in [7, 11) is -0.768. The Bertz CT molecular complexity index is 1490. The molecule has 1 saturated heterocycles. The maximum atomic E-state index is 13.7. The molecule has 2 atom stereocenters. The van der Waals surface area contributed by atoms with Crippen molar-refractivity contribution in [1.29, 1.82) is 0 Å². The van der Waals surface area contributed by atoms with Crippen LogP contribution in [0.4, 0.5) is 0 Å². The van der Waals surface area contributed by atoms with E-state index in [1.54, 1.807) is 27.2 Å². The lowest BCUT2D eigenvalue weighted by Gasteiger charge is -2.34. The van der Waals surface area contributed by atoms with E-state index in [1.165, 1.54) is 26.5 Å². The van der Waals surface area contributed by atoms with Crippen LogP contribution in [0.2, 0.25) is 0 Å². The molecular formula is C26H34N4O6S2. The van der Waals surface area contributed by atoms with Crippen LogP contribution in [0.1, 0.15) is 30.7 Å². The monoisotopic (exact) mass is 562 g/mol. The van der Waals surface area contributed by atoms with Crippen molar-refractivity contribution >= 4 is 37.5 Å². The number of thiophene rings is 1. The second-order valence-corrected chi connectivity index (χ2v) is 13.0. The van der Waals surface area contributed by atoms with Crippen LogP contribution in [0.25, 0.3) is 10.2 Å². The van der Waals surface area contributed by atoms with E-state index in [9.17, 15) is 18.0 Å². The van der Waals surface area contributed by atoms with Gasteiger partial charge in [0.1, 0.15) is 16.3 Å². The summed E-state index contributed by atoms with van der Waals surface area (Å²) < 4.78 is 40.6. The molecule has 1 aromatic carbocycles. The molecule has 4 rings (SSSR count). The Labute approximate surface area is 226 Å². The van der Waals surface area contributed by atoms with Gasteiger partial charge >= 0.3 is 0 Å². The zero-order valence-electron chi connectivity index (χ0n) is 22.3. The van der Waals surface area contributed by atoms with Crippen molar-refractivity contribution in [3.8, 4) is 11.5 Å². The predicted molar refractivity (Wildman–Crippen MR) is 147 cm³/mol. The van der Waals surface area contributed by atoms with Crippen LogP contribution in [0.3, 0.4) is 0 Å². The lowest BCUT2D eigenvalue weighted by molar-refractivity contribution is -0.121. The average molecular weight is 563 g/mol. The normalized spacial score (nSPS) is 18.4. The van der Waals surface area contributed by atoms with Gasteiger partial charge in [-0.15, -0.1) is 11.3 Å². The standard InChI is InChI=1S/C26H34N4O6S2/c1-16-10-17(2)13-30(12-16)38(33,34)24-18(3)37-25-23(24)26(32)29(15-28-25)14-22(31)27-9-8-19-6-7-20(35-4)21(11-19)36-5/h6-7,11,15-17H,8-10,12-14H2,1-5H3,(H,27,31)/t16-,17+. The smallest absolute Gasteiger partial charge is 0.263 e. The number of fused-ring (bicyclic) bond motifs is 1. The van der Waals surface area contributed by atoms with Crippen molar-refractivity contribution in [3.05, 3.63) is 45.3 Å². The zero-order chi connectivity index (χ0) is 27.6. The number of nitrogens with one attached hydrogen (secondary N) is 1. The number of benzene rings is 1. The van der Waals surface area contributed by atoms with Gasteiger partial charge in [-0.3, -0.25) is 14.2 Å². The molecule has 206 valence electrons. The quantitative estimate of drug-likeness (QED) is 0.426. The Morgan fingerprint density at radius 1 is 1.16 bits per heavy atom. The lowest BCUT2D eigenvalue weighted by atomic mass is 9.94. The number of aromatic nitrogens is 2. The van der Waals surface area contributed by atoms with E-state index in [0.717, 1.165) is 12.0 Å². The molecule has 38 heavy (non-hydrogen) atoms. The fraction of sp³-hybridized carbons (Fsp3) is 0.500. The van der Waals surface area contributed by atoms with Crippen molar-refractivity contribution in [2.45, 2.75) is 45.1 Å². The third-order valence-electron chi connectivity index (χ3n) is 6.73. The zero-order valence-corrected chi connectivity index (χ0v) is 23.9. The lowest BCUT2D eigenvalue weighted by Crippen LogP contribution is -2.43. The fourth-order valence-corrected chi connectivity index (χ4v) is 8.41. The number of ether oxygens (including phenoxy) is 2. The Hall–Kier alpha value is -2.96. The number of aryl methyl sites for hydroxylation is 1. The molecule has 0 unspecified atom stereocenters. The highest BCUT2D eigenvalue weighted by molar-refractivity contribution is 7.89. The predicted octanol–water partition coefficient (Wildman–Crippen LogP) is 2.81. The van der Waals surface area contributed by atoms with E-state index in [1.807, 2.05) is 26.0 Å². The number of methoxy groups -OCH3 is 2. The SMILES string of the molecule is COc1ccc(CCNC(=O)Cn2cnc3sc(C)c(S(=O)(=O)N4C[C@H](C)C[C@H](C)C4)c3c2=O)cc1OC. The Balaban J connectivity index is 1.51. The van der Waals surface area contributed by atoms with Gasteiger partial charge in [-0.05, 0) is 49.3 Å². The first kappa shape index (κ1) is 28.1. The summed E-state index contributed by atoms with van der Waals surface area (Å²) in [6, 6.07) is 5.54. The number of hydrogen-bond acceptors (Lipinski definition) is 8. The molecular weight excluding hydrogens is 528 g/mol. The minimum Gasteiger partial charge on any atom is -0.493 e. The van der Waals surface area contributed by atoms with Crippen molar-refractivity contribution < 1.29 is 22.7 Å². The summed E-state index contributed by atoms with van der Waals surface area (Å²) >= 11 is 1.18. The van der Waals surface area contributed by atoms with Crippen molar-refractivity contribution in [1.82, 2.24) is 19.2 Å². The van der Waals surface area contributed by atoms with Crippen molar-refractivity contribution in [3.63, 3.8) is 0 Å². The maximum absolute atomic E-state index is 13.7. The van der Waals surface area contributed by atoms with E-state index >= 15 is 0 Å². The largest absolute Gasteiger partial charge is 0.493 e. The number of rotatable bonds is 9. The second kappa shape index (κ2) is 11.4. The average Bonchev–Trinajstić information content (AvgIpc) is 3.22. The molecule has 0 saturated carbocycles. The fourth-order valence-electron chi connectivity index (χ4n) is 5.06. The van der Waals surface area contributed by atoms with Gasteiger partial charge in [0.2, 0.25) is 15.9 Å². The Morgan fingerprint density at radius 2 is 1.84 bits per heavy atom. The van der Waals surface area contributed by atoms with Crippen molar-refractivity contribution in [2.75, 3.05) is 33.9 Å². The second-order valence-electron chi connectivity index (χ2n) is 9.90. The summed E-state index contributed by atoms with van der Waals surface area (Å²) in [5.41, 5.74) is 0.416. The highest BCUT2D eigenvalue weighted by Gasteiger charge is 2.35. The van der Waals surface area contributed by atoms with Crippen LogP contribution in [0, 0.1) is 18.8 Å². The minimum absolute atomic E-state index is 0.0134. The number of piperidine rings is 1. The molecule has 0 radical (unpaired) electrons. The number of hydrogen-bond donors (Lipinski definition) is 1. The highest BCUT2D eigenvalue weighted by Crippen LogP contribution is 2.35. The number of amides is 1. The van der Waals surface area contributed by atoms with Gasteiger partial charge in [0.15, 0.2) is 11.5 Å². The molecule has 3 aromatic rings. The van der Waals surface area contributed by atoms with E-state index in [-0.39, 0.29) is 34.6 Å². The van der Waals surface area contributed by atoms with Crippen LogP contribution in [-0.4, -0.2) is 62.0 Å². The van der Waals surface area contributed by atoms with E-state index in [2.05, 4.69) is 10.3 Å². The number of carbonyl (C=O) groups is 1. The first-order valence-corrected chi connectivity index (χ1v) is 14.8. The van der Waals surface area contributed by atoms with Gasteiger partial charge < -0.3 is 14.8 Å². The van der Waals surface area contributed by atoms with Crippen LogP contribution in [0.15, 0.2) is 34.2 Å². The molecule has 0 bridgehead atoms. The van der Waals surface area contributed by atoms with E-state index in [4.69, 9.17) is 9.47 Å². The molecule has 1 amide bonds. The first-order valence-electron chi connectivity index (χ1n) is 12.5. The maximum Gasteiger partial charge on any atom is 0.263 e. The van der Waals surface area contributed by atoms with Gasteiger partial charge in [0.05, 0.1) is 25.9 Å². The third kappa shape index (κ3) is 5.71. The Kier molecular flexibility index (Phi) is 8.43. The minimum atomic E-state index is -3.89. The van der Waals surface area contributed by atoms with Gasteiger partial charge in [0, 0.05) is 24.5 Å². The van der Waals surface area contributed by atoms with Crippen LogP contribution >= 0.6 is 11.3 Å². The summed E-state index contributed by atoms with van der Waals surface area (Å²) in [6.07, 6.45) is 2.82. The van der Waals surface area contributed by atoms with Crippen LogP contribution in [-0.2, 0) is 27.8 Å². The summed E-state index contributed by atoms with van der Waals surface area (Å²) in [5.74, 6) is 1.32. The molecule has 3 heterocycles. The van der Waals surface area contributed by atoms with Crippen molar-refractivity contribution in [2.24, 2.45) is 11.8 Å². The number of sulfonamides is 1. The summed E-state index contributed by atoms with van der Waals surface area (Å²) in [4.78, 5) is 31.3. The molecule has 2 aromatic heterocycles. The molecule has 0 aliphatic carbocycles. The van der Waals surface area contributed by atoms with Crippen LogP contribution < -0.4 is 20.3 Å². The third-order valence-corrected chi connectivity index (χ3v) is 9.88. The summed E-state index contributed by atoms with van der Waals surface area (Å²) in [6.45, 7) is 6.69. The molecule has 1 N–H and O–H groups in total. The number of carbonyl (C=O) groups excluding carboxylic acids is 1. The van der Waals surface area contributed by atoms with Gasteiger partial charge in [-0.25, -0.2) is 13.4 Å². The van der Waals surface area contributed by atoms with E-state index < -0.39 is 15.6 Å². The molecule has 0 spiro atoms. The molecule has 1 aliphatic rings. The molecule has 12 heteroatoms. The first-order chi connectivity index (χ1) is 18.0. The molecule has 1 aliphatic heterocycles. The van der Waals surface area contributed by atoms with Gasteiger partial charge in [-0.1, -0.05) is 19.9 Å². The highest BCUT2D eigenvalue weighted by atomic mass is 32.2. The molecule has 10 nitrogen and oxygen atoms in total. The van der Waals surface area contributed by atoms with E-state index in [0.29, 0.717) is 47.3 Å².